The van der Waals surface area contributed by atoms with Gasteiger partial charge < -0.3 is 21.3 Å². The van der Waals surface area contributed by atoms with E-state index in [-0.39, 0.29) is 39.3 Å². The summed E-state index contributed by atoms with van der Waals surface area (Å²) in [6.07, 6.45) is 0.562. The fourth-order valence-electron chi connectivity index (χ4n) is 5.28. The van der Waals surface area contributed by atoms with Crippen LogP contribution in [-0.4, -0.2) is 29.9 Å². The number of carbonyl (C=O) groups excluding carboxylic acids is 5. The fraction of sp³-hybridized carbons (Fsp3) is 0. The number of hydrogen-bond donors (Lipinski definition) is 4. The molecule has 9 nitrogen and oxygen atoms in total. The summed E-state index contributed by atoms with van der Waals surface area (Å²) in [6.45, 7) is 0. The predicted octanol–water partition coefficient (Wildman–Crippen LogP) is 7.66. The second-order valence-electron chi connectivity index (χ2n) is 10.7. The van der Waals surface area contributed by atoms with E-state index in [4.69, 9.17) is 0 Å². The molecule has 0 saturated carbocycles. The van der Waals surface area contributed by atoms with Crippen molar-refractivity contribution in [2.24, 2.45) is 0 Å². The maximum atomic E-state index is 13.8. The number of benzene rings is 6. The molecule has 4 N–H and O–H groups in total. The van der Waals surface area contributed by atoms with Crippen LogP contribution >= 0.6 is 0 Å². The second-order valence-corrected chi connectivity index (χ2v) is 10.7. The summed E-state index contributed by atoms with van der Waals surface area (Å²) in [5.74, 6) is -2.09. The number of aldehydes is 1. The average Bonchev–Trinajstić information content (AvgIpc) is 3.14. The molecule has 48 heavy (non-hydrogen) atoms. The quantitative estimate of drug-likeness (QED) is 0.122. The Balaban J connectivity index is 1.61. The van der Waals surface area contributed by atoms with Gasteiger partial charge in [-0.05, 0) is 60.0 Å². The normalized spacial score (nSPS) is 10.5. The second kappa shape index (κ2) is 14.1. The van der Waals surface area contributed by atoms with Crippen molar-refractivity contribution >= 4 is 63.4 Å². The number of carbonyl (C=O) groups is 5. The maximum Gasteiger partial charge on any atom is 0.255 e. The number of amides is 4. The summed E-state index contributed by atoms with van der Waals surface area (Å²) < 4.78 is 0. The molecule has 6 aromatic carbocycles. The van der Waals surface area contributed by atoms with Crippen molar-refractivity contribution in [3.05, 3.63) is 167 Å². The van der Waals surface area contributed by atoms with Gasteiger partial charge >= 0.3 is 0 Å². The summed E-state index contributed by atoms with van der Waals surface area (Å²) in [7, 11) is 0. The first-order valence-electron chi connectivity index (χ1n) is 15.0. The van der Waals surface area contributed by atoms with E-state index < -0.39 is 23.6 Å². The molecule has 6 aromatic rings. The van der Waals surface area contributed by atoms with Crippen LogP contribution in [0.25, 0.3) is 10.8 Å². The lowest BCUT2D eigenvalue weighted by molar-refractivity contribution is 0.101. The monoisotopic (exact) mass is 632 g/mol. The summed E-state index contributed by atoms with van der Waals surface area (Å²) in [5, 5.41) is 12.0. The summed E-state index contributed by atoms with van der Waals surface area (Å²) in [4.78, 5) is 67.4. The van der Waals surface area contributed by atoms with Gasteiger partial charge in [0, 0.05) is 33.2 Å². The van der Waals surface area contributed by atoms with E-state index in [1.54, 1.807) is 140 Å². The first-order chi connectivity index (χ1) is 23.4. The Morgan fingerprint density at radius 2 is 0.771 bits per heavy atom. The molecule has 0 bridgehead atoms. The predicted molar refractivity (Wildman–Crippen MR) is 187 cm³/mol. The maximum absolute atomic E-state index is 13.8. The van der Waals surface area contributed by atoms with Crippen LogP contribution in [0.5, 0.6) is 0 Å². The molecule has 0 aliphatic heterocycles. The molecule has 0 heterocycles. The highest BCUT2D eigenvalue weighted by Crippen LogP contribution is 2.45. The van der Waals surface area contributed by atoms with Gasteiger partial charge in [0.15, 0.2) is 6.29 Å². The third kappa shape index (κ3) is 6.56. The van der Waals surface area contributed by atoms with Gasteiger partial charge in [0.05, 0.1) is 22.7 Å². The van der Waals surface area contributed by atoms with E-state index >= 15 is 0 Å². The van der Waals surface area contributed by atoms with Gasteiger partial charge in [0.1, 0.15) is 0 Å². The van der Waals surface area contributed by atoms with Gasteiger partial charge in [-0.2, -0.15) is 0 Å². The van der Waals surface area contributed by atoms with Crippen LogP contribution in [0, 0.1) is 0 Å². The third-order valence-electron chi connectivity index (χ3n) is 7.60. The molecule has 0 spiro atoms. The summed E-state index contributed by atoms with van der Waals surface area (Å²) in [6, 6.07) is 38.6. The standard InChI is InChI=1S/C39H28N4O5/c44-24-30-29-22-13-23-31(40-36(45)25-14-5-1-6-15-25)32(29)34(42-38(47)27-18-9-3-10-19-27)35(43-39(48)28-20-11-4-12-21-28)33(30)41-37(46)26-16-7-2-8-17-26/h1-24H,(H,40,45)(H,41,46)(H,42,47)(H,43,48). The van der Waals surface area contributed by atoms with E-state index in [9.17, 15) is 24.0 Å². The lowest BCUT2D eigenvalue weighted by atomic mass is 9.96. The van der Waals surface area contributed by atoms with Crippen molar-refractivity contribution in [1.29, 1.82) is 0 Å². The zero-order valence-corrected chi connectivity index (χ0v) is 25.4. The van der Waals surface area contributed by atoms with Crippen molar-refractivity contribution in [3.63, 3.8) is 0 Å². The molecule has 4 amide bonds. The van der Waals surface area contributed by atoms with E-state index in [2.05, 4.69) is 21.3 Å². The highest BCUT2D eigenvalue weighted by atomic mass is 16.2. The minimum atomic E-state index is -0.567. The number of anilines is 4. The Kier molecular flexibility index (Phi) is 9.11. The molecule has 0 radical (unpaired) electrons. The van der Waals surface area contributed by atoms with Crippen molar-refractivity contribution in [1.82, 2.24) is 0 Å². The molecular formula is C39H28N4O5. The molecule has 0 atom stereocenters. The van der Waals surface area contributed by atoms with Gasteiger partial charge in [-0.25, -0.2) is 0 Å². The van der Waals surface area contributed by atoms with Gasteiger partial charge in [-0.1, -0.05) is 84.9 Å². The van der Waals surface area contributed by atoms with Gasteiger partial charge in [-0.3, -0.25) is 24.0 Å². The van der Waals surface area contributed by atoms with E-state index in [1.165, 1.54) is 0 Å². The minimum Gasteiger partial charge on any atom is -0.321 e. The molecule has 234 valence electrons. The molecule has 0 aliphatic carbocycles. The number of fused-ring (bicyclic) bond motifs is 1. The van der Waals surface area contributed by atoms with Gasteiger partial charge in [-0.15, -0.1) is 0 Å². The summed E-state index contributed by atoms with van der Waals surface area (Å²) in [5.41, 5.74) is 1.52. The van der Waals surface area contributed by atoms with Crippen molar-refractivity contribution in [3.8, 4) is 0 Å². The smallest absolute Gasteiger partial charge is 0.255 e. The van der Waals surface area contributed by atoms with Crippen LogP contribution in [0.2, 0.25) is 0 Å². The molecule has 0 aliphatic rings. The van der Waals surface area contributed by atoms with E-state index in [1.807, 2.05) is 0 Å². The Bertz CT molecular complexity index is 2150. The van der Waals surface area contributed by atoms with Crippen molar-refractivity contribution < 1.29 is 24.0 Å². The zero-order chi connectivity index (χ0) is 33.5. The average molecular weight is 633 g/mol. The summed E-state index contributed by atoms with van der Waals surface area (Å²) >= 11 is 0. The molecule has 0 unspecified atom stereocenters. The fourth-order valence-corrected chi connectivity index (χ4v) is 5.28. The minimum absolute atomic E-state index is 0.0196. The Hall–Kier alpha value is -6.87. The molecule has 9 heteroatoms. The SMILES string of the molecule is O=Cc1c(NC(=O)c2ccccc2)c(NC(=O)c2ccccc2)c(NC(=O)c2ccccc2)c2c(NC(=O)c3ccccc3)cccc12. The molecule has 0 aromatic heterocycles. The number of rotatable bonds is 9. The van der Waals surface area contributed by atoms with Crippen LogP contribution in [0.4, 0.5) is 22.7 Å². The number of nitrogens with one attached hydrogen (secondary N) is 4. The van der Waals surface area contributed by atoms with Crippen molar-refractivity contribution in [2.75, 3.05) is 21.3 Å². The Morgan fingerprint density at radius 3 is 1.19 bits per heavy atom. The first-order valence-corrected chi connectivity index (χ1v) is 15.0. The molecule has 0 fully saturated rings. The highest BCUT2D eigenvalue weighted by Gasteiger charge is 2.27. The Morgan fingerprint density at radius 1 is 0.396 bits per heavy atom. The topological polar surface area (TPSA) is 133 Å². The van der Waals surface area contributed by atoms with Crippen LogP contribution < -0.4 is 21.3 Å². The Labute approximate surface area is 275 Å². The molecule has 0 saturated heterocycles. The first kappa shape index (κ1) is 31.1. The van der Waals surface area contributed by atoms with Gasteiger partial charge in [0.2, 0.25) is 0 Å². The largest absolute Gasteiger partial charge is 0.321 e. The zero-order valence-electron chi connectivity index (χ0n) is 25.4. The lowest BCUT2D eigenvalue weighted by Crippen LogP contribution is -2.22. The number of hydrogen-bond acceptors (Lipinski definition) is 5. The third-order valence-corrected chi connectivity index (χ3v) is 7.60. The molecular weight excluding hydrogens is 604 g/mol. The van der Waals surface area contributed by atoms with E-state index in [0.717, 1.165) is 0 Å². The van der Waals surface area contributed by atoms with Crippen molar-refractivity contribution in [2.45, 2.75) is 0 Å². The van der Waals surface area contributed by atoms with Crippen LogP contribution in [0.1, 0.15) is 51.8 Å². The highest BCUT2D eigenvalue weighted by molar-refractivity contribution is 6.27. The molecule has 6 rings (SSSR count). The van der Waals surface area contributed by atoms with Crippen LogP contribution in [-0.2, 0) is 0 Å². The van der Waals surface area contributed by atoms with Crippen LogP contribution in [0.15, 0.2) is 140 Å². The van der Waals surface area contributed by atoms with Crippen LogP contribution in [0.3, 0.4) is 0 Å². The van der Waals surface area contributed by atoms with Gasteiger partial charge in [0.25, 0.3) is 23.6 Å². The van der Waals surface area contributed by atoms with E-state index in [0.29, 0.717) is 28.4 Å². The lowest BCUT2D eigenvalue weighted by Gasteiger charge is -2.23.